The van der Waals surface area contributed by atoms with Gasteiger partial charge in [-0.1, -0.05) is 6.07 Å². The number of hydrogen-bond acceptors (Lipinski definition) is 0. The average Bonchev–Trinajstić information content (AvgIpc) is 2.33. The first-order chi connectivity index (χ1) is 4.47. The van der Waals surface area contributed by atoms with Gasteiger partial charge in [-0.05, 0) is 0 Å². The van der Waals surface area contributed by atoms with Gasteiger partial charge >= 0.3 is 21.7 Å². The van der Waals surface area contributed by atoms with Gasteiger partial charge in [-0.15, -0.1) is 29.7 Å². The van der Waals surface area contributed by atoms with Crippen molar-refractivity contribution in [3.05, 3.63) is 42.5 Å². The maximum atomic E-state index is 2.12. The molecule has 1 radical (unpaired) electrons. The van der Waals surface area contributed by atoms with Crippen LogP contribution in [0.15, 0.2) is 42.5 Å². The summed E-state index contributed by atoms with van der Waals surface area (Å²) in [6, 6.07) is 14.7. The first kappa shape index (κ1) is 15.5. The van der Waals surface area contributed by atoms with E-state index in [9.17, 15) is 0 Å². The molecule has 2 aromatic rings. The van der Waals surface area contributed by atoms with E-state index in [4.69, 9.17) is 0 Å². The molecule has 0 atom stereocenters. The molecule has 0 aliphatic heterocycles. The maximum Gasteiger partial charge on any atom is 3.00 e. The second-order valence-electron chi connectivity index (χ2n) is 2.15. The zero-order valence-corrected chi connectivity index (χ0v) is 12.2. The molecular weight excluding hydrogens is 410 g/mol. The van der Waals surface area contributed by atoms with Crippen LogP contribution in [-0.2, 0) is 21.7 Å². The van der Waals surface area contributed by atoms with E-state index in [1.807, 2.05) is 0 Å². The van der Waals surface area contributed by atoms with Crippen LogP contribution in [0.25, 0.3) is 10.8 Å². The van der Waals surface area contributed by atoms with Gasteiger partial charge in [0.05, 0.1) is 0 Å². The van der Waals surface area contributed by atoms with E-state index >= 15 is 0 Å². The third-order valence-corrected chi connectivity index (χ3v) is 1.55. The molecule has 0 fully saturated rings. The molecule has 0 N–H and O–H groups in total. The van der Waals surface area contributed by atoms with Crippen molar-refractivity contribution in [3.8, 4) is 0 Å². The standard InChI is InChI=1S/C9H7.2HI.Ti/c1-2-5-9-7-3-6-8(9)4-1;;;/h1-7H;2*1H;/q-1;;;+3/p-2. The molecule has 0 unspecified atom stereocenters. The Morgan fingerprint density at radius 3 is 2.25 bits per heavy atom. The Bertz CT molecular complexity index is 287. The number of halogens is 2. The van der Waals surface area contributed by atoms with Crippen LogP contribution in [0, 0.1) is 0 Å². The van der Waals surface area contributed by atoms with Crippen molar-refractivity contribution >= 4 is 10.8 Å². The Hall–Kier alpha value is 1.00. The van der Waals surface area contributed by atoms with Gasteiger partial charge in [0.2, 0.25) is 0 Å². The van der Waals surface area contributed by atoms with Gasteiger partial charge in [-0.3, -0.25) is 0 Å². The quantitative estimate of drug-likeness (QED) is 0.238. The van der Waals surface area contributed by atoms with E-state index in [0.29, 0.717) is 0 Å². The average molecular weight is 417 g/mol. The molecule has 61 valence electrons. The Labute approximate surface area is 121 Å². The summed E-state index contributed by atoms with van der Waals surface area (Å²) in [6.45, 7) is 0. The minimum Gasteiger partial charge on any atom is -1.00 e. The van der Waals surface area contributed by atoms with Crippen molar-refractivity contribution in [2.45, 2.75) is 0 Å². The van der Waals surface area contributed by atoms with Gasteiger partial charge in [0.25, 0.3) is 0 Å². The molecule has 0 nitrogen and oxygen atoms in total. The van der Waals surface area contributed by atoms with Gasteiger partial charge in [0.15, 0.2) is 0 Å². The number of fused-ring (bicyclic) bond motifs is 1. The van der Waals surface area contributed by atoms with Crippen molar-refractivity contribution in [1.29, 1.82) is 0 Å². The largest absolute Gasteiger partial charge is 3.00 e. The van der Waals surface area contributed by atoms with Crippen LogP contribution in [-0.4, -0.2) is 0 Å². The van der Waals surface area contributed by atoms with Crippen LogP contribution < -0.4 is 48.0 Å². The molecule has 3 heteroatoms. The van der Waals surface area contributed by atoms with Crippen LogP contribution >= 0.6 is 0 Å². The molecule has 0 heterocycles. The monoisotopic (exact) mass is 417 g/mol. The first-order valence-corrected chi connectivity index (χ1v) is 3.07. The van der Waals surface area contributed by atoms with Gasteiger partial charge in [-0.25, -0.2) is 0 Å². The fraction of sp³-hybridized carbons (Fsp3) is 0. The molecular formula is C9H7I2Ti. The predicted molar refractivity (Wildman–Crippen MR) is 39.5 cm³/mol. The summed E-state index contributed by atoms with van der Waals surface area (Å²) in [7, 11) is 0. The van der Waals surface area contributed by atoms with Crippen molar-refractivity contribution in [1.82, 2.24) is 0 Å². The second kappa shape index (κ2) is 7.41. The Kier molecular flexibility index (Phi) is 9.56. The SMILES string of the molecule is [I-].[I-].[Ti+3].c1ccc2[cH-]ccc2c1. The normalized spacial score (nSPS) is 7.67. The molecule has 0 aromatic heterocycles. The van der Waals surface area contributed by atoms with Crippen LogP contribution in [0.4, 0.5) is 0 Å². The number of benzene rings is 1. The molecule has 0 aliphatic rings. The minimum absolute atomic E-state index is 0. The molecule has 0 amide bonds. The molecule has 0 spiro atoms. The van der Waals surface area contributed by atoms with E-state index in [0.717, 1.165) is 0 Å². The van der Waals surface area contributed by atoms with Crippen molar-refractivity contribution in [2.75, 3.05) is 0 Å². The summed E-state index contributed by atoms with van der Waals surface area (Å²) in [5.41, 5.74) is 0. The Morgan fingerprint density at radius 2 is 1.58 bits per heavy atom. The molecule has 0 bridgehead atoms. The molecule has 0 aliphatic carbocycles. The van der Waals surface area contributed by atoms with Gasteiger partial charge in [0, 0.05) is 0 Å². The zero-order chi connectivity index (χ0) is 6.10. The van der Waals surface area contributed by atoms with Crippen LogP contribution in [0.5, 0.6) is 0 Å². The van der Waals surface area contributed by atoms with Gasteiger partial charge < -0.3 is 48.0 Å². The molecule has 2 aromatic carbocycles. The maximum absolute atomic E-state index is 2.12. The fourth-order valence-corrected chi connectivity index (χ4v) is 1.07. The van der Waals surface area contributed by atoms with Crippen molar-refractivity contribution in [2.24, 2.45) is 0 Å². The molecule has 0 saturated heterocycles. The van der Waals surface area contributed by atoms with Crippen molar-refractivity contribution < 1.29 is 69.7 Å². The smallest absolute Gasteiger partial charge is 1.00 e. The summed E-state index contributed by atoms with van der Waals surface area (Å²) in [5, 5.41) is 2.66. The van der Waals surface area contributed by atoms with Crippen LogP contribution in [0.2, 0.25) is 0 Å². The van der Waals surface area contributed by atoms with Gasteiger partial charge in [0.1, 0.15) is 0 Å². The Morgan fingerprint density at radius 1 is 0.917 bits per heavy atom. The van der Waals surface area contributed by atoms with E-state index in [2.05, 4.69) is 42.5 Å². The fourth-order valence-electron chi connectivity index (χ4n) is 1.07. The third kappa shape index (κ3) is 3.40. The van der Waals surface area contributed by atoms with Crippen LogP contribution in [0.1, 0.15) is 0 Å². The van der Waals surface area contributed by atoms with E-state index in [1.165, 1.54) is 10.8 Å². The van der Waals surface area contributed by atoms with Crippen molar-refractivity contribution in [3.63, 3.8) is 0 Å². The third-order valence-electron chi connectivity index (χ3n) is 1.55. The molecule has 2 rings (SSSR count). The second-order valence-corrected chi connectivity index (χ2v) is 2.15. The summed E-state index contributed by atoms with van der Waals surface area (Å²) in [6.07, 6.45) is 0. The predicted octanol–water partition coefficient (Wildman–Crippen LogP) is -3.44. The first-order valence-electron chi connectivity index (χ1n) is 3.07. The summed E-state index contributed by atoms with van der Waals surface area (Å²) >= 11 is 0. The minimum atomic E-state index is 0. The van der Waals surface area contributed by atoms with E-state index in [-0.39, 0.29) is 69.7 Å². The topological polar surface area (TPSA) is 0 Å². The van der Waals surface area contributed by atoms with E-state index < -0.39 is 0 Å². The summed E-state index contributed by atoms with van der Waals surface area (Å²) < 4.78 is 0. The summed E-state index contributed by atoms with van der Waals surface area (Å²) in [4.78, 5) is 0. The summed E-state index contributed by atoms with van der Waals surface area (Å²) in [5.74, 6) is 0. The van der Waals surface area contributed by atoms with Crippen LogP contribution in [0.3, 0.4) is 0 Å². The zero-order valence-electron chi connectivity index (χ0n) is 6.30. The number of rotatable bonds is 0. The Balaban J connectivity index is 0. The molecule has 12 heavy (non-hydrogen) atoms. The molecule has 0 saturated carbocycles. The van der Waals surface area contributed by atoms with Gasteiger partial charge in [-0.2, -0.15) is 17.5 Å². The number of hydrogen-bond donors (Lipinski definition) is 0. The van der Waals surface area contributed by atoms with E-state index in [1.54, 1.807) is 0 Å².